The number of rotatable bonds is 8. The summed E-state index contributed by atoms with van der Waals surface area (Å²) in [5.41, 5.74) is 1.07. The number of aliphatic hydroxyl groups is 1. The lowest BCUT2D eigenvalue weighted by atomic mass is 9.88. The largest absolute Gasteiger partial charge is 0.497 e. The van der Waals surface area contributed by atoms with Gasteiger partial charge in [0.15, 0.2) is 0 Å². The van der Waals surface area contributed by atoms with Gasteiger partial charge >= 0.3 is 0 Å². The van der Waals surface area contributed by atoms with Gasteiger partial charge in [-0.25, -0.2) is 0 Å². The summed E-state index contributed by atoms with van der Waals surface area (Å²) in [6, 6.07) is 7.74. The molecular weight excluding hydrogens is 260 g/mol. The van der Waals surface area contributed by atoms with E-state index in [1.165, 1.54) is 0 Å². The van der Waals surface area contributed by atoms with Crippen molar-refractivity contribution in [3.63, 3.8) is 0 Å². The van der Waals surface area contributed by atoms with Crippen LogP contribution in [0.4, 0.5) is 0 Å². The van der Waals surface area contributed by atoms with E-state index in [1.807, 2.05) is 24.3 Å². The molecule has 0 aliphatic heterocycles. The van der Waals surface area contributed by atoms with Crippen LogP contribution in [0.1, 0.15) is 12.0 Å². The zero-order chi connectivity index (χ0) is 14.4. The first kappa shape index (κ1) is 15.3. The zero-order valence-corrected chi connectivity index (χ0v) is 12.0. The molecule has 1 fully saturated rings. The van der Waals surface area contributed by atoms with Gasteiger partial charge in [-0.05, 0) is 17.7 Å². The SMILES string of the molecule is COCCOC1C(O)CC1OCc1ccc(OC)cc1. The maximum atomic E-state index is 9.68. The summed E-state index contributed by atoms with van der Waals surface area (Å²) in [5.74, 6) is 0.827. The van der Waals surface area contributed by atoms with Gasteiger partial charge < -0.3 is 24.1 Å². The minimum absolute atomic E-state index is 0.0519. The van der Waals surface area contributed by atoms with Crippen LogP contribution in [0.2, 0.25) is 0 Å². The number of hydrogen-bond acceptors (Lipinski definition) is 5. The summed E-state index contributed by atoms with van der Waals surface area (Å²) in [6.07, 6.45) is -0.117. The van der Waals surface area contributed by atoms with E-state index >= 15 is 0 Å². The zero-order valence-electron chi connectivity index (χ0n) is 12.0. The van der Waals surface area contributed by atoms with Crippen molar-refractivity contribution in [2.75, 3.05) is 27.4 Å². The minimum atomic E-state index is -0.437. The van der Waals surface area contributed by atoms with Crippen LogP contribution in [0.3, 0.4) is 0 Å². The molecule has 1 N–H and O–H groups in total. The Morgan fingerprint density at radius 1 is 1.10 bits per heavy atom. The van der Waals surface area contributed by atoms with Crippen molar-refractivity contribution < 1.29 is 24.1 Å². The van der Waals surface area contributed by atoms with Crippen LogP contribution in [0.5, 0.6) is 5.75 Å². The lowest BCUT2D eigenvalue weighted by Crippen LogP contribution is -2.53. The topological polar surface area (TPSA) is 57.2 Å². The molecule has 0 aromatic heterocycles. The van der Waals surface area contributed by atoms with Gasteiger partial charge in [0.1, 0.15) is 11.9 Å². The molecule has 2 rings (SSSR count). The average Bonchev–Trinajstić information content (AvgIpc) is 2.48. The van der Waals surface area contributed by atoms with E-state index in [9.17, 15) is 5.11 Å². The molecule has 0 saturated heterocycles. The normalized spacial score (nSPS) is 25.2. The summed E-state index contributed by atoms with van der Waals surface area (Å²) >= 11 is 0. The van der Waals surface area contributed by atoms with E-state index in [2.05, 4.69) is 0 Å². The summed E-state index contributed by atoms with van der Waals surface area (Å²) in [7, 11) is 3.27. The maximum Gasteiger partial charge on any atom is 0.118 e. The monoisotopic (exact) mass is 282 g/mol. The number of aliphatic hydroxyl groups excluding tert-OH is 1. The van der Waals surface area contributed by atoms with Gasteiger partial charge in [-0.3, -0.25) is 0 Å². The summed E-state index contributed by atoms with van der Waals surface area (Å²) in [6.45, 7) is 1.50. The van der Waals surface area contributed by atoms with Crippen molar-refractivity contribution in [2.45, 2.75) is 31.3 Å². The van der Waals surface area contributed by atoms with E-state index in [4.69, 9.17) is 18.9 Å². The molecule has 0 spiro atoms. The Morgan fingerprint density at radius 2 is 1.85 bits per heavy atom. The smallest absolute Gasteiger partial charge is 0.118 e. The van der Waals surface area contributed by atoms with Gasteiger partial charge in [0.2, 0.25) is 0 Å². The van der Waals surface area contributed by atoms with Gasteiger partial charge in [-0.1, -0.05) is 12.1 Å². The van der Waals surface area contributed by atoms with Crippen molar-refractivity contribution in [3.8, 4) is 5.75 Å². The molecule has 0 bridgehead atoms. The molecule has 112 valence electrons. The maximum absolute atomic E-state index is 9.68. The first-order chi connectivity index (χ1) is 9.74. The quantitative estimate of drug-likeness (QED) is 0.730. The van der Waals surface area contributed by atoms with Crippen molar-refractivity contribution in [1.29, 1.82) is 0 Å². The van der Waals surface area contributed by atoms with Gasteiger partial charge in [0.05, 0.1) is 39.1 Å². The number of hydrogen-bond donors (Lipinski definition) is 1. The van der Waals surface area contributed by atoms with E-state index in [1.54, 1.807) is 14.2 Å². The number of methoxy groups -OCH3 is 2. The Labute approximate surface area is 119 Å². The fourth-order valence-corrected chi connectivity index (χ4v) is 2.13. The highest BCUT2D eigenvalue weighted by Crippen LogP contribution is 2.28. The van der Waals surface area contributed by atoms with Crippen LogP contribution in [-0.4, -0.2) is 50.9 Å². The molecule has 5 heteroatoms. The molecule has 1 saturated carbocycles. The lowest BCUT2D eigenvalue weighted by molar-refractivity contribution is -0.199. The third-order valence-electron chi connectivity index (χ3n) is 3.44. The molecule has 3 atom stereocenters. The predicted octanol–water partition coefficient (Wildman–Crippen LogP) is 1.38. The Bertz CT molecular complexity index is 392. The van der Waals surface area contributed by atoms with Crippen molar-refractivity contribution >= 4 is 0 Å². The first-order valence-electron chi connectivity index (χ1n) is 6.77. The van der Waals surface area contributed by atoms with Gasteiger partial charge in [-0.2, -0.15) is 0 Å². The molecule has 0 amide bonds. The first-order valence-corrected chi connectivity index (χ1v) is 6.77. The highest BCUT2D eigenvalue weighted by Gasteiger charge is 2.41. The minimum Gasteiger partial charge on any atom is -0.497 e. The number of benzene rings is 1. The highest BCUT2D eigenvalue weighted by molar-refractivity contribution is 5.26. The van der Waals surface area contributed by atoms with Crippen molar-refractivity contribution in [3.05, 3.63) is 29.8 Å². The van der Waals surface area contributed by atoms with Crippen LogP contribution >= 0.6 is 0 Å². The third kappa shape index (κ3) is 3.93. The fraction of sp³-hybridized carbons (Fsp3) is 0.600. The van der Waals surface area contributed by atoms with Crippen molar-refractivity contribution in [2.24, 2.45) is 0 Å². The molecule has 1 aliphatic rings. The van der Waals surface area contributed by atoms with Crippen LogP contribution in [0.15, 0.2) is 24.3 Å². The second kappa shape index (κ2) is 7.59. The number of ether oxygens (including phenoxy) is 4. The Kier molecular flexibility index (Phi) is 5.79. The van der Waals surface area contributed by atoms with Crippen molar-refractivity contribution in [1.82, 2.24) is 0 Å². The highest BCUT2D eigenvalue weighted by atomic mass is 16.6. The van der Waals surface area contributed by atoms with Gasteiger partial charge in [0.25, 0.3) is 0 Å². The molecule has 5 nitrogen and oxygen atoms in total. The van der Waals surface area contributed by atoms with Gasteiger partial charge in [-0.15, -0.1) is 0 Å². The molecule has 0 radical (unpaired) electrons. The van der Waals surface area contributed by atoms with E-state index in [0.717, 1.165) is 11.3 Å². The molecule has 3 unspecified atom stereocenters. The van der Waals surface area contributed by atoms with E-state index in [0.29, 0.717) is 26.2 Å². The van der Waals surface area contributed by atoms with Crippen LogP contribution in [0, 0.1) is 0 Å². The Hall–Kier alpha value is -1.14. The molecule has 20 heavy (non-hydrogen) atoms. The van der Waals surface area contributed by atoms with Gasteiger partial charge in [0, 0.05) is 13.5 Å². The molecule has 1 aliphatic carbocycles. The Morgan fingerprint density at radius 3 is 2.45 bits per heavy atom. The van der Waals surface area contributed by atoms with E-state index in [-0.39, 0.29) is 12.2 Å². The molecule has 1 aromatic rings. The third-order valence-corrected chi connectivity index (χ3v) is 3.44. The predicted molar refractivity (Wildman–Crippen MR) is 73.8 cm³/mol. The fourth-order valence-electron chi connectivity index (χ4n) is 2.13. The van der Waals surface area contributed by atoms with Crippen LogP contribution < -0.4 is 4.74 Å². The Balaban J connectivity index is 1.75. The summed E-state index contributed by atoms with van der Waals surface area (Å²) in [5, 5.41) is 9.68. The van der Waals surface area contributed by atoms with Crippen LogP contribution in [0.25, 0.3) is 0 Å². The molecule has 0 heterocycles. The standard InChI is InChI=1S/C15H22O5/c1-17-7-8-19-15-13(16)9-14(15)20-10-11-3-5-12(18-2)6-4-11/h3-6,13-16H,7-10H2,1-2H3. The second-order valence-corrected chi connectivity index (χ2v) is 4.83. The second-order valence-electron chi connectivity index (χ2n) is 4.83. The van der Waals surface area contributed by atoms with E-state index < -0.39 is 6.10 Å². The summed E-state index contributed by atoms with van der Waals surface area (Å²) < 4.78 is 21.4. The lowest BCUT2D eigenvalue weighted by Gasteiger charge is -2.40. The molecule has 1 aromatic carbocycles. The average molecular weight is 282 g/mol. The summed E-state index contributed by atoms with van der Waals surface area (Å²) in [4.78, 5) is 0. The van der Waals surface area contributed by atoms with Crippen LogP contribution in [-0.2, 0) is 20.8 Å². The molecular formula is C15H22O5.